The van der Waals surface area contributed by atoms with Gasteiger partial charge in [0.15, 0.2) is 17.4 Å². The first-order valence-corrected chi connectivity index (χ1v) is 7.18. The van der Waals surface area contributed by atoms with Crippen molar-refractivity contribution in [1.29, 1.82) is 0 Å². The zero-order chi connectivity index (χ0) is 14.8. The molecule has 1 heterocycles. The van der Waals surface area contributed by atoms with E-state index in [1.54, 1.807) is 12.1 Å². The van der Waals surface area contributed by atoms with E-state index in [1.165, 1.54) is 19.6 Å². The van der Waals surface area contributed by atoms with Crippen LogP contribution in [-0.2, 0) is 12.8 Å². The number of aryl methyl sites for hydroxylation is 1. The standard InChI is InChI=1S/C16H18FN3O/c1-21-14-8-7-10(9-12(14)17)16-19-13-6-4-2-3-5-11(13)15(18)20-16/h7-9H,2-6H2,1H3,(H2,18,19,20). The molecule has 4 nitrogen and oxygen atoms in total. The van der Waals surface area contributed by atoms with E-state index in [4.69, 9.17) is 10.5 Å². The van der Waals surface area contributed by atoms with Crippen LogP contribution in [0.4, 0.5) is 10.2 Å². The zero-order valence-corrected chi connectivity index (χ0v) is 12.0. The highest BCUT2D eigenvalue weighted by Gasteiger charge is 2.16. The Morgan fingerprint density at radius 3 is 2.71 bits per heavy atom. The van der Waals surface area contributed by atoms with Crippen molar-refractivity contribution >= 4 is 5.82 Å². The quantitative estimate of drug-likeness (QED) is 0.862. The minimum Gasteiger partial charge on any atom is -0.494 e. The van der Waals surface area contributed by atoms with E-state index in [2.05, 4.69) is 9.97 Å². The molecule has 21 heavy (non-hydrogen) atoms. The number of anilines is 1. The molecule has 0 aliphatic heterocycles. The summed E-state index contributed by atoms with van der Waals surface area (Å²) in [4.78, 5) is 8.96. The molecule has 110 valence electrons. The lowest BCUT2D eigenvalue weighted by molar-refractivity contribution is 0.386. The van der Waals surface area contributed by atoms with Crippen LogP contribution in [0.25, 0.3) is 11.4 Å². The van der Waals surface area contributed by atoms with Crippen LogP contribution in [0.1, 0.15) is 30.5 Å². The monoisotopic (exact) mass is 287 g/mol. The molecule has 2 aromatic rings. The lowest BCUT2D eigenvalue weighted by Gasteiger charge is -2.11. The van der Waals surface area contributed by atoms with E-state index in [0.717, 1.165) is 36.9 Å². The van der Waals surface area contributed by atoms with E-state index in [0.29, 0.717) is 17.2 Å². The molecule has 0 amide bonds. The molecular formula is C16H18FN3O. The number of aromatic nitrogens is 2. The summed E-state index contributed by atoms with van der Waals surface area (Å²) in [5, 5.41) is 0. The summed E-state index contributed by atoms with van der Waals surface area (Å²) in [6.07, 6.45) is 5.26. The van der Waals surface area contributed by atoms with E-state index in [9.17, 15) is 4.39 Å². The predicted octanol–water partition coefficient (Wildman–Crippen LogP) is 3.14. The van der Waals surface area contributed by atoms with Crippen molar-refractivity contribution in [2.75, 3.05) is 12.8 Å². The molecule has 0 fully saturated rings. The Hall–Kier alpha value is -2.17. The Bertz CT molecular complexity index is 673. The second kappa shape index (κ2) is 5.68. The van der Waals surface area contributed by atoms with Crippen molar-refractivity contribution in [2.45, 2.75) is 32.1 Å². The van der Waals surface area contributed by atoms with E-state index in [1.807, 2.05) is 0 Å². The number of benzene rings is 1. The maximum atomic E-state index is 13.8. The predicted molar refractivity (Wildman–Crippen MR) is 79.6 cm³/mol. The number of methoxy groups -OCH3 is 1. The molecule has 0 bridgehead atoms. The lowest BCUT2D eigenvalue weighted by atomic mass is 10.1. The van der Waals surface area contributed by atoms with Crippen LogP contribution in [0.3, 0.4) is 0 Å². The second-order valence-electron chi connectivity index (χ2n) is 5.27. The Morgan fingerprint density at radius 1 is 1.14 bits per heavy atom. The first-order valence-electron chi connectivity index (χ1n) is 7.18. The number of fused-ring (bicyclic) bond motifs is 1. The highest BCUT2D eigenvalue weighted by atomic mass is 19.1. The maximum Gasteiger partial charge on any atom is 0.165 e. The summed E-state index contributed by atoms with van der Waals surface area (Å²) in [5.74, 6) is 0.788. The minimum absolute atomic E-state index is 0.210. The van der Waals surface area contributed by atoms with E-state index >= 15 is 0 Å². The number of hydrogen-bond acceptors (Lipinski definition) is 4. The van der Waals surface area contributed by atoms with Crippen molar-refractivity contribution in [3.05, 3.63) is 35.3 Å². The molecule has 0 radical (unpaired) electrons. The molecular weight excluding hydrogens is 269 g/mol. The largest absolute Gasteiger partial charge is 0.494 e. The third-order valence-electron chi connectivity index (χ3n) is 3.88. The van der Waals surface area contributed by atoms with Gasteiger partial charge in [-0.1, -0.05) is 6.42 Å². The molecule has 1 aliphatic rings. The van der Waals surface area contributed by atoms with Crippen molar-refractivity contribution in [3.8, 4) is 17.1 Å². The molecule has 0 atom stereocenters. The van der Waals surface area contributed by atoms with Crippen LogP contribution in [0.5, 0.6) is 5.75 Å². The van der Waals surface area contributed by atoms with Crippen molar-refractivity contribution in [2.24, 2.45) is 0 Å². The van der Waals surface area contributed by atoms with Gasteiger partial charge in [-0.2, -0.15) is 0 Å². The topological polar surface area (TPSA) is 61.0 Å². The average molecular weight is 287 g/mol. The van der Waals surface area contributed by atoms with Gasteiger partial charge in [0, 0.05) is 16.8 Å². The SMILES string of the molecule is COc1ccc(-c2nc(N)c3c(n2)CCCCC3)cc1F. The summed E-state index contributed by atoms with van der Waals surface area (Å²) in [6, 6.07) is 4.71. The number of hydrogen-bond donors (Lipinski definition) is 1. The van der Waals surface area contributed by atoms with Gasteiger partial charge in [0.25, 0.3) is 0 Å². The second-order valence-corrected chi connectivity index (χ2v) is 5.27. The van der Waals surface area contributed by atoms with Crippen LogP contribution in [-0.4, -0.2) is 17.1 Å². The molecule has 1 aromatic carbocycles. The number of ether oxygens (including phenoxy) is 1. The summed E-state index contributed by atoms with van der Waals surface area (Å²) in [7, 11) is 1.44. The molecule has 0 saturated heterocycles. The third kappa shape index (κ3) is 2.68. The fourth-order valence-corrected chi connectivity index (χ4v) is 2.73. The molecule has 3 rings (SSSR count). The van der Waals surface area contributed by atoms with Crippen LogP contribution >= 0.6 is 0 Å². The van der Waals surface area contributed by atoms with Gasteiger partial charge in [0.05, 0.1) is 7.11 Å². The third-order valence-corrected chi connectivity index (χ3v) is 3.88. The Kier molecular flexibility index (Phi) is 3.73. The van der Waals surface area contributed by atoms with Gasteiger partial charge < -0.3 is 10.5 Å². The first kappa shape index (κ1) is 13.8. The van der Waals surface area contributed by atoms with E-state index in [-0.39, 0.29) is 5.75 Å². The van der Waals surface area contributed by atoms with Crippen LogP contribution in [0.2, 0.25) is 0 Å². The molecule has 0 unspecified atom stereocenters. The smallest absolute Gasteiger partial charge is 0.165 e. The first-order chi connectivity index (χ1) is 10.2. The number of rotatable bonds is 2. The van der Waals surface area contributed by atoms with Crippen LogP contribution in [0.15, 0.2) is 18.2 Å². The van der Waals surface area contributed by atoms with Gasteiger partial charge in [-0.3, -0.25) is 0 Å². The molecule has 1 aliphatic carbocycles. The summed E-state index contributed by atoms with van der Waals surface area (Å²) >= 11 is 0. The van der Waals surface area contributed by atoms with Crippen LogP contribution in [0, 0.1) is 5.82 Å². The Balaban J connectivity index is 2.05. The fraction of sp³-hybridized carbons (Fsp3) is 0.375. The Labute approximate surface area is 123 Å². The summed E-state index contributed by atoms with van der Waals surface area (Å²) in [5.41, 5.74) is 8.76. The molecule has 2 N–H and O–H groups in total. The maximum absolute atomic E-state index is 13.8. The average Bonchev–Trinajstić information content (AvgIpc) is 2.72. The van der Waals surface area contributed by atoms with E-state index < -0.39 is 5.82 Å². The molecule has 0 spiro atoms. The van der Waals surface area contributed by atoms with Gasteiger partial charge >= 0.3 is 0 Å². The van der Waals surface area contributed by atoms with Crippen molar-refractivity contribution in [3.63, 3.8) is 0 Å². The number of nitrogens with zero attached hydrogens (tertiary/aromatic N) is 2. The van der Waals surface area contributed by atoms with Crippen molar-refractivity contribution < 1.29 is 9.13 Å². The van der Waals surface area contributed by atoms with Crippen molar-refractivity contribution in [1.82, 2.24) is 9.97 Å². The normalized spacial score (nSPS) is 14.4. The minimum atomic E-state index is -0.424. The van der Waals surface area contributed by atoms with Crippen LogP contribution < -0.4 is 10.5 Å². The summed E-state index contributed by atoms with van der Waals surface area (Å²) in [6.45, 7) is 0. The van der Waals surface area contributed by atoms with Gasteiger partial charge in [0.1, 0.15) is 5.82 Å². The number of nitrogen functional groups attached to an aromatic ring is 1. The Morgan fingerprint density at radius 2 is 1.95 bits per heavy atom. The summed E-state index contributed by atoms with van der Waals surface area (Å²) < 4.78 is 18.8. The molecule has 5 heteroatoms. The number of halogens is 1. The molecule has 1 aromatic heterocycles. The fourth-order valence-electron chi connectivity index (χ4n) is 2.73. The lowest BCUT2D eigenvalue weighted by Crippen LogP contribution is -2.06. The van der Waals surface area contributed by atoms with Gasteiger partial charge in [0.2, 0.25) is 0 Å². The van der Waals surface area contributed by atoms with Gasteiger partial charge in [-0.05, 0) is 43.9 Å². The van der Waals surface area contributed by atoms with Gasteiger partial charge in [-0.25, -0.2) is 14.4 Å². The molecule has 0 saturated carbocycles. The zero-order valence-electron chi connectivity index (χ0n) is 12.0. The highest BCUT2D eigenvalue weighted by Crippen LogP contribution is 2.28. The highest BCUT2D eigenvalue weighted by molar-refractivity contribution is 5.60. The number of nitrogens with two attached hydrogens (primary N) is 1. The van der Waals surface area contributed by atoms with Gasteiger partial charge in [-0.15, -0.1) is 0 Å².